The third-order valence-corrected chi connectivity index (χ3v) is 3.45. The van der Waals surface area contributed by atoms with E-state index in [1.165, 1.54) is 17.5 Å². The molecule has 5 heteroatoms. The van der Waals surface area contributed by atoms with Crippen LogP contribution in [0.4, 0.5) is 13.2 Å². The second-order valence-electron chi connectivity index (χ2n) is 5.31. The van der Waals surface area contributed by atoms with Crippen molar-refractivity contribution in [1.82, 2.24) is 0 Å². The molecule has 3 rings (SSSR count). The summed E-state index contributed by atoms with van der Waals surface area (Å²) in [5.74, 6) is -1.69. The van der Waals surface area contributed by atoms with Crippen LogP contribution < -0.4 is 0 Å². The monoisotopic (exact) mass is 344 g/mol. The zero-order chi connectivity index (χ0) is 18.4. The molecule has 128 valence electrons. The number of ketones is 2. The van der Waals surface area contributed by atoms with Gasteiger partial charge in [0.25, 0.3) is 5.78 Å². The molecule has 0 bridgehead atoms. The van der Waals surface area contributed by atoms with E-state index in [0.717, 1.165) is 23.1 Å². The summed E-state index contributed by atoms with van der Waals surface area (Å²) in [5.41, 5.74) is 0.448. The van der Waals surface area contributed by atoms with Gasteiger partial charge in [-0.3, -0.25) is 9.59 Å². The van der Waals surface area contributed by atoms with Crippen molar-refractivity contribution in [3.05, 3.63) is 83.9 Å². The van der Waals surface area contributed by atoms with E-state index in [9.17, 15) is 22.8 Å². The minimum absolute atomic E-state index is 0.116. The number of fused-ring (bicyclic) bond motifs is 1. The van der Waals surface area contributed by atoms with Crippen LogP contribution >= 0.6 is 0 Å². The summed E-state index contributed by atoms with van der Waals surface area (Å²) in [4.78, 5) is 21.6. The normalized spacial score (nSPS) is 10.7. The Morgan fingerprint density at radius 1 is 0.720 bits per heavy atom. The summed E-state index contributed by atoms with van der Waals surface area (Å²) in [7, 11) is 0. The first kappa shape index (κ1) is 18.4. The number of hydrogen-bond donors (Lipinski definition) is 0. The molecule has 0 heterocycles. The molecule has 3 aromatic carbocycles. The van der Waals surface area contributed by atoms with Crippen LogP contribution in [0.2, 0.25) is 0 Å². The smallest absolute Gasteiger partial charge is 0.295 e. The predicted molar refractivity (Wildman–Crippen MR) is 90.8 cm³/mol. The number of benzene rings is 3. The lowest BCUT2D eigenvalue weighted by Gasteiger charge is -2.03. The van der Waals surface area contributed by atoms with Crippen molar-refractivity contribution in [1.29, 1.82) is 0 Å². The minimum atomic E-state index is -4.78. The van der Waals surface area contributed by atoms with Gasteiger partial charge in [-0.05, 0) is 23.8 Å². The maximum absolute atomic E-state index is 11.8. The molecular weight excluding hydrogens is 329 g/mol. The quantitative estimate of drug-likeness (QED) is 0.577. The highest BCUT2D eigenvalue weighted by molar-refractivity contribution is 6.00. The Hall–Kier alpha value is -2.95. The van der Waals surface area contributed by atoms with E-state index < -0.39 is 12.0 Å². The predicted octanol–water partition coefficient (Wildman–Crippen LogP) is 5.47. The second-order valence-corrected chi connectivity index (χ2v) is 5.31. The van der Waals surface area contributed by atoms with Gasteiger partial charge in [-0.15, -0.1) is 0 Å². The van der Waals surface area contributed by atoms with Gasteiger partial charge in [-0.1, -0.05) is 66.7 Å². The molecule has 0 aromatic heterocycles. The Balaban J connectivity index is 0.000000181. The summed E-state index contributed by atoms with van der Waals surface area (Å²) in [6.45, 7) is 1.59. The van der Waals surface area contributed by atoms with E-state index in [-0.39, 0.29) is 11.3 Å². The number of carbonyl (C=O) groups excluding carboxylic acids is 2. The van der Waals surface area contributed by atoms with E-state index in [1.54, 1.807) is 13.0 Å². The first-order valence-corrected chi connectivity index (χ1v) is 7.45. The van der Waals surface area contributed by atoms with E-state index in [0.29, 0.717) is 0 Å². The van der Waals surface area contributed by atoms with Crippen LogP contribution in [-0.4, -0.2) is 17.7 Å². The fourth-order valence-electron chi connectivity index (χ4n) is 2.16. The largest absolute Gasteiger partial charge is 0.454 e. The van der Waals surface area contributed by atoms with Crippen LogP contribution in [0.1, 0.15) is 27.6 Å². The van der Waals surface area contributed by atoms with Crippen molar-refractivity contribution in [2.24, 2.45) is 0 Å². The van der Waals surface area contributed by atoms with Gasteiger partial charge in [0.15, 0.2) is 5.78 Å². The molecule has 0 amide bonds. The van der Waals surface area contributed by atoms with Crippen LogP contribution in [0.25, 0.3) is 10.8 Å². The first-order chi connectivity index (χ1) is 11.8. The van der Waals surface area contributed by atoms with Crippen LogP contribution in [0.15, 0.2) is 72.8 Å². The molecule has 3 aromatic rings. The lowest BCUT2D eigenvalue weighted by atomic mass is 10.1. The molecule has 25 heavy (non-hydrogen) atoms. The van der Waals surface area contributed by atoms with Gasteiger partial charge in [0.05, 0.1) is 0 Å². The Morgan fingerprint density at radius 3 is 1.84 bits per heavy atom. The highest BCUT2D eigenvalue weighted by Crippen LogP contribution is 2.20. The van der Waals surface area contributed by atoms with Gasteiger partial charge >= 0.3 is 6.18 Å². The van der Waals surface area contributed by atoms with Gasteiger partial charge in [-0.25, -0.2) is 0 Å². The Morgan fingerprint density at radius 2 is 1.28 bits per heavy atom. The highest BCUT2D eigenvalue weighted by Gasteiger charge is 2.38. The van der Waals surface area contributed by atoms with Crippen LogP contribution in [0.3, 0.4) is 0 Å². The third-order valence-electron chi connectivity index (χ3n) is 3.45. The van der Waals surface area contributed by atoms with Crippen LogP contribution in [0, 0.1) is 0 Å². The fraction of sp³-hybridized carbons (Fsp3) is 0.100. The molecule has 0 atom stereocenters. The van der Waals surface area contributed by atoms with Crippen molar-refractivity contribution in [2.45, 2.75) is 13.1 Å². The van der Waals surface area contributed by atoms with Crippen LogP contribution in [-0.2, 0) is 0 Å². The second kappa shape index (κ2) is 7.75. The van der Waals surface area contributed by atoms with Crippen LogP contribution in [0.5, 0.6) is 0 Å². The molecule has 0 aliphatic heterocycles. The molecule has 2 nitrogen and oxygen atoms in total. The number of hydrogen-bond acceptors (Lipinski definition) is 2. The molecule has 0 unspecified atom stereocenters. The molecule has 0 radical (unpaired) electrons. The lowest BCUT2D eigenvalue weighted by Crippen LogP contribution is -2.22. The first-order valence-electron chi connectivity index (χ1n) is 7.45. The highest BCUT2D eigenvalue weighted by atomic mass is 19.4. The topological polar surface area (TPSA) is 34.1 Å². The van der Waals surface area contributed by atoms with Gasteiger partial charge in [0.1, 0.15) is 0 Å². The molecule has 0 aliphatic rings. The number of carbonyl (C=O) groups is 2. The number of Topliss-reactive ketones (excluding diaryl/α,β-unsaturated/α-hetero) is 2. The third kappa shape index (κ3) is 5.01. The standard InChI is InChI=1S/C12H10O.C8H5F3O/c1-9(13)11-7-6-10-4-2-3-5-12(10)8-11;9-8(10,11)7(12)6-4-2-1-3-5-6/h2-8H,1H3;1-5H. The molecule has 0 N–H and O–H groups in total. The number of halogens is 3. The Bertz CT molecular complexity index is 884. The zero-order valence-corrected chi connectivity index (χ0v) is 13.4. The Labute approximate surface area is 142 Å². The summed E-state index contributed by atoms with van der Waals surface area (Å²) in [6, 6.07) is 20.4. The number of rotatable bonds is 2. The van der Waals surface area contributed by atoms with E-state index in [4.69, 9.17) is 0 Å². The average molecular weight is 344 g/mol. The maximum Gasteiger partial charge on any atom is 0.454 e. The molecule has 0 saturated carbocycles. The van der Waals surface area contributed by atoms with Crippen molar-refractivity contribution < 1.29 is 22.8 Å². The molecule has 0 aliphatic carbocycles. The molecule has 0 fully saturated rings. The van der Waals surface area contributed by atoms with E-state index >= 15 is 0 Å². The molecular formula is C20H15F3O2. The number of alkyl halides is 3. The Kier molecular flexibility index (Phi) is 5.70. The van der Waals surface area contributed by atoms with E-state index in [2.05, 4.69) is 0 Å². The van der Waals surface area contributed by atoms with Gasteiger partial charge in [-0.2, -0.15) is 13.2 Å². The summed E-state index contributed by atoms with van der Waals surface area (Å²) < 4.78 is 35.4. The van der Waals surface area contributed by atoms with Gasteiger partial charge in [0.2, 0.25) is 0 Å². The fourth-order valence-corrected chi connectivity index (χ4v) is 2.16. The SMILES string of the molecule is CC(=O)c1ccc2ccccc2c1.O=C(c1ccccc1)C(F)(F)F. The van der Waals surface area contributed by atoms with Gasteiger partial charge < -0.3 is 0 Å². The summed E-state index contributed by atoms with van der Waals surface area (Å²) in [6.07, 6.45) is -4.78. The zero-order valence-electron chi connectivity index (χ0n) is 13.4. The van der Waals surface area contributed by atoms with Crippen molar-refractivity contribution >= 4 is 22.3 Å². The van der Waals surface area contributed by atoms with Crippen molar-refractivity contribution in [3.8, 4) is 0 Å². The molecule has 0 saturated heterocycles. The summed E-state index contributed by atoms with van der Waals surface area (Å²) in [5, 5.41) is 2.29. The van der Waals surface area contributed by atoms with E-state index in [1.807, 2.05) is 42.5 Å². The summed E-state index contributed by atoms with van der Waals surface area (Å²) >= 11 is 0. The van der Waals surface area contributed by atoms with Gasteiger partial charge in [0, 0.05) is 11.1 Å². The molecule has 0 spiro atoms. The van der Waals surface area contributed by atoms with Crippen molar-refractivity contribution in [3.63, 3.8) is 0 Å². The van der Waals surface area contributed by atoms with Crippen molar-refractivity contribution in [2.75, 3.05) is 0 Å². The maximum atomic E-state index is 11.8. The lowest BCUT2D eigenvalue weighted by molar-refractivity contribution is -0.0885. The minimum Gasteiger partial charge on any atom is -0.295 e. The average Bonchev–Trinajstić information content (AvgIpc) is 2.61.